The van der Waals surface area contributed by atoms with E-state index in [0.717, 1.165) is 11.3 Å². The molecule has 0 bridgehead atoms. The molecule has 1 amide bonds. The number of nitrogens with zero attached hydrogens (tertiary/aromatic N) is 1. The van der Waals surface area contributed by atoms with Gasteiger partial charge < -0.3 is 20.1 Å². The summed E-state index contributed by atoms with van der Waals surface area (Å²) in [4.78, 5) is 13.9. The zero-order valence-corrected chi connectivity index (χ0v) is 12.4. The van der Waals surface area contributed by atoms with Crippen LogP contribution in [-0.2, 0) is 9.53 Å². The SMILES string of the molecule is CNC(=O)C1COCCN1c1ccc([C@@H](C)O)cc1Cl. The molecule has 110 valence electrons. The Labute approximate surface area is 123 Å². The summed E-state index contributed by atoms with van der Waals surface area (Å²) in [6.45, 7) is 3.19. The number of carbonyl (C=O) groups excluding carboxylic acids is 1. The molecule has 0 saturated carbocycles. The van der Waals surface area contributed by atoms with Crippen LogP contribution < -0.4 is 10.2 Å². The summed E-state index contributed by atoms with van der Waals surface area (Å²) in [5.41, 5.74) is 1.54. The number of halogens is 1. The third-order valence-electron chi connectivity index (χ3n) is 3.44. The number of anilines is 1. The summed E-state index contributed by atoms with van der Waals surface area (Å²) in [6, 6.07) is 5.01. The second kappa shape index (κ2) is 6.43. The maximum Gasteiger partial charge on any atom is 0.244 e. The maximum absolute atomic E-state index is 11.9. The van der Waals surface area contributed by atoms with Crippen LogP contribution in [0, 0.1) is 0 Å². The average molecular weight is 299 g/mol. The van der Waals surface area contributed by atoms with Crippen molar-refractivity contribution in [3.63, 3.8) is 0 Å². The number of nitrogens with one attached hydrogen (secondary N) is 1. The lowest BCUT2D eigenvalue weighted by atomic mass is 10.1. The third kappa shape index (κ3) is 3.06. The van der Waals surface area contributed by atoms with Crippen molar-refractivity contribution < 1.29 is 14.6 Å². The van der Waals surface area contributed by atoms with Gasteiger partial charge in [-0.05, 0) is 24.6 Å². The molecule has 6 heteroatoms. The molecule has 2 rings (SSSR count). The number of rotatable bonds is 3. The molecule has 0 aromatic heterocycles. The quantitative estimate of drug-likeness (QED) is 0.884. The van der Waals surface area contributed by atoms with E-state index < -0.39 is 6.10 Å². The number of benzene rings is 1. The first kappa shape index (κ1) is 15.1. The largest absolute Gasteiger partial charge is 0.389 e. The van der Waals surface area contributed by atoms with Crippen LogP contribution in [-0.4, -0.2) is 43.9 Å². The Hall–Kier alpha value is -1.30. The maximum atomic E-state index is 11.9. The molecule has 0 aliphatic carbocycles. The highest BCUT2D eigenvalue weighted by Gasteiger charge is 2.30. The van der Waals surface area contributed by atoms with Gasteiger partial charge in [-0.15, -0.1) is 0 Å². The first-order valence-electron chi connectivity index (χ1n) is 6.58. The predicted molar refractivity (Wildman–Crippen MR) is 78.1 cm³/mol. The number of carbonyl (C=O) groups is 1. The highest BCUT2D eigenvalue weighted by Crippen LogP contribution is 2.31. The van der Waals surface area contributed by atoms with E-state index >= 15 is 0 Å². The van der Waals surface area contributed by atoms with E-state index in [9.17, 15) is 9.90 Å². The van der Waals surface area contributed by atoms with Crippen LogP contribution in [0.3, 0.4) is 0 Å². The normalized spacial score (nSPS) is 20.6. The summed E-state index contributed by atoms with van der Waals surface area (Å²) in [7, 11) is 1.60. The molecule has 0 spiro atoms. The standard InChI is InChI=1S/C14H19ClN2O3/c1-9(18)10-3-4-12(11(15)7-10)17-5-6-20-8-13(17)14(19)16-2/h3-4,7,9,13,18H,5-6,8H2,1-2H3,(H,16,19)/t9-,13?/m1/s1. The molecule has 1 aliphatic rings. The second-order valence-electron chi connectivity index (χ2n) is 4.79. The Morgan fingerprint density at radius 2 is 2.35 bits per heavy atom. The van der Waals surface area contributed by atoms with Crippen LogP contribution in [0.5, 0.6) is 0 Å². The molecule has 1 fully saturated rings. The molecule has 1 unspecified atom stereocenters. The van der Waals surface area contributed by atoms with E-state index in [1.54, 1.807) is 20.0 Å². The molecule has 2 atom stereocenters. The van der Waals surface area contributed by atoms with Gasteiger partial charge in [0.05, 0.1) is 30.0 Å². The van der Waals surface area contributed by atoms with Crippen molar-refractivity contribution in [2.45, 2.75) is 19.1 Å². The zero-order valence-electron chi connectivity index (χ0n) is 11.6. The van der Waals surface area contributed by atoms with Gasteiger partial charge >= 0.3 is 0 Å². The average Bonchev–Trinajstić information content (AvgIpc) is 2.46. The van der Waals surface area contributed by atoms with Crippen LogP contribution in [0.1, 0.15) is 18.6 Å². The topological polar surface area (TPSA) is 61.8 Å². The summed E-state index contributed by atoms with van der Waals surface area (Å²) in [5.74, 6) is -0.0969. The smallest absolute Gasteiger partial charge is 0.244 e. The Morgan fingerprint density at radius 1 is 1.60 bits per heavy atom. The van der Waals surface area contributed by atoms with Crippen molar-refractivity contribution in [2.75, 3.05) is 31.7 Å². The Kier molecular flexibility index (Phi) is 4.86. The number of ether oxygens (including phenoxy) is 1. The number of hydrogen-bond donors (Lipinski definition) is 2. The van der Waals surface area contributed by atoms with E-state index in [-0.39, 0.29) is 11.9 Å². The minimum Gasteiger partial charge on any atom is -0.389 e. The van der Waals surface area contributed by atoms with E-state index in [0.29, 0.717) is 24.8 Å². The van der Waals surface area contributed by atoms with Gasteiger partial charge in [0.1, 0.15) is 6.04 Å². The van der Waals surface area contributed by atoms with Gasteiger partial charge in [-0.1, -0.05) is 17.7 Å². The molecule has 1 aliphatic heterocycles. The molecule has 1 saturated heterocycles. The molecule has 20 heavy (non-hydrogen) atoms. The van der Waals surface area contributed by atoms with Crippen molar-refractivity contribution in [3.8, 4) is 0 Å². The Morgan fingerprint density at radius 3 is 2.95 bits per heavy atom. The lowest BCUT2D eigenvalue weighted by Crippen LogP contribution is -2.53. The van der Waals surface area contributed by atoms with Crippen molar-refractivity contribution in [3.05, 3.63) is 28.8 Å². The van der Waals surface area contributed by atoms with Gasteiger partial charge in [0.2, 0.25) is 5.91 Å². The van der Waals surface area contributed by atoms with Crippen molar-refractivity contribution in [1.29, 1.82) is 0 Å². The highest BCUT2D eigenvalue weighted by atomic mass is 35.5. The van der Waals surface area contributed by atoms with Gasteiger partial charge in [0.15, 0.2) is 0 Å². The fraction of sp³-hybridized carbons (Fsp3) is 0.500. The van der Waals surface area contributed by atoms with Crippen LogP contribution in [0.4, 0.5) is 5.69 Å². The number of hydrogen-bond acceptors (Lipinski definition) is 4. The van der Waals surface area contributed by atoms with Crippen molar-refractivity contribution in [2.24, 2.45) is 0 Å². The number of likely N-dealkylation sites (N-methyl/N-ethyl adjacent to an activating group) is 1. The summed E-state index contributed by atoms with van der Waals surface area (Å²) < 4.78 is 5.37. The Balaban J connectivity index is 2.30. The summed E-state index contributed by atoms with van der Waals surface area (Å²) >= 11 is 6.29. The van der Waals surface area contributed by atoms with E-state index in [4.69, 9.17) is 16.3 Å². The third-order valence-corrected chi connectivity index (χ3v) is 3.74. The van der Waals surface area contributed by atoms with Crippen LogP contribution >= 0.6 is 11.6 Å². The fourth-order valence-corrected chi connectivity index (χ4v) is 2.59. The lowest BCUT2D eigenvalue weighted by molar-refractivity contribution is -0.124. The monoisotopic (exact) mass is 298 g/mol. The minimum atomic E-state index is -0.569. The number of amides is 1. The number of aliphatic hydroxyl groups excluding tert-OH is 1. The molecule has 0 radical (unpaired) electrons. The van der Waals surface area contributed by atoms with Gasteiger partial charge in [-0.3, -0.25) is 4.79 Å². The number of aliphatic hydroxyl groups is 1. The minimum absolute atomic E-state index is 0.0969. The van der Waals surface area contributed by atoms with Crippen molar-refractivity contribution in [1.82, 2.24) is 5.32 Å². The lowest BCUT2D eigenvalue weighted by Gasteiger charge is -2.36. The van der Waals surface area contributed by atoms with Crippen LogP contribution in [0.25, 0.3) is 0 Å². The first-order chi connectivity index (χ1) is 9.54. The molecular formula is C14H19ClN2O3. The number of morpholine rings is 1. The van der Waals surface area contributed by atoms with Gasteiger partial charge in [-0.2, -0.15) is 0 Å². The molecule has 1 aromatic carbocycles. The second-order valence-corrected chi connectivity index (χ2v) is 5.19. The van der Waals surface area contributed by atoms with Crippen LogP contribution in [0.15, 0.2) is 18.2 Å². The molecule has 1 aromatic rings. The van der Waals surface area contributed by atoms with E-state index in [1.165, 1.54) is 0 Å². The van der Waals surface area contributed by atoms with Gasteiger partial charge in [0.25, 0.3) is 0 Å². The summed E-state index contributed by atoms with van der Waals surface area (Å²) in [5, 5.41) is 12.7. The van der Waals surface area contributed by atoms with Crippen LogP contribution in [0.2, 0.25) is 5.02 Å². The molecule has 2 N–H and O–H groups in total. The molecule has 5 nitrogen and oxygen atoms in total. The van der Waals surface area contributed by atoms with Gasteiger partial charge in [0, 0.05) is 13.6 Å². The first-order valence-corrected chi connectivity index (χ1v) is 6.96. The van der Waals surface area contributed by atoms with Gasteiger partial charge in [-0.25, -0.2) is 0 Å². The molecule has 1 heterocycles. The highest BCUT2D eigenvalue weighted by molar-refractivity contribution is 6.33. The predicted octanol–water partition coefficient (Wildman–Crippen LogP) is 1.34. The summed E-state index contributed by atoms with van der Waals surface area (Å²) in [6.07, 6.45) is -0.569. The molecular weight excluding hydrogens is 280 g/mol. The van der Waals surface area contributed by atoms with E-state index in [2.05, 4.69) is 5.32 Å². The van der Waals surface area contributed by atoms with E-state index in [1.807, 2.05) is 17.0 Å². The zero-order chi connectivity index (χ0) is 14.7. The Bertz CT molecular complexity index is 493. The van der Waals surface area contributed by atoms with Crippen molar-refractivity contribution >= 4 is 23.2 Å². The fourth-order valence-electron chi connectivity index (χ4n) is 2.29.